The Labute approximate surface area is 121 Å². The second-order valence-electron chi connectivity index (χ2n) is 4.13. The van der Waals surface area contributed by atoms with Crippen LogP contribution in [-0.2, 0) is 0 Å². The molecule has 3 rings (SSSR count). The van der Waals surface area contributed by atoms with E-state index in [1.807, 2.05) is 4.98 Å². The monoisotopic (exact) mass is 307 g/mol. The summed E-state index contributed by atoms with van der Waals surface area (Å²) >= 11 is 6.01. The van der Waals surface area contributed by atoms with Crippen LogP contribution in [0.1, 0.15) is 0 Å². The third-order valence-corrected chi connectivity index (χ3v) is 3.08. The first-order chi connectivity index (χ1) is 10.1. The van der Waals surface area contributed by atoms with Gasteiger partial charge in [-0.1, -0.05) is 23.7 Å². The standard InChI is InChI=1S/C11H10ClN7O2/c12-5-3-1-2-4-6(5)16-17-7-8(13)18-19-9(7)14-10(20)15-11(19)21/h1-4,16-17H,(H2,13,18)(H2,14,15,20,21). The SMILES string of the molecule is Nc1nn2c(=O)[nH]c(=O)[nH]c2c1NNc1ccccc1Cl. The summed E-state index contributed by atoms with van der Waals surface area (Å²) in [4.78, 5) is 27.4. The van der Waals surface area contributed by atoms with E-state index < -0.39 is 11.4 Å². The Balaban J connectivity index is 2.01. The maximum absolute atomic E-state index is 11.6. The van der Waals surface area contributed by atoms with Crippen molar-refractivity contribution < 1.29 is 0 Å². The van der Waals surface area contributed by atoms with Crippen LogP contribution in [0.5, 0.6) is 0 Å². The molecule has 21 heavy (non-hydrogen) atoms. The van der Waals surface area contributed by atoms with Crippen LogP contribution in [-0.4, -0.2) is 19.6 Å². The van der Waals surface area contributed by atoms with E-state index in [0.29, 0.717) is 10.7 Å². The van der Waals surface area contributed by atoms with Crippen molar-refractivity contribution in [3.05, 3.63) is 50.3 Å². The Morgan fingerprint density at radius 1 is 1.19 bits per heavy atom. The van der Waals surface area contributed by atoms with Crippen molar-refractivity contribution in [2.75, 3.05) is 16.6 Å². The van der Waals surface area contributed by atoms with Crippen molar-refractivity contribution in [3.63, 3.8) is 0 Å². The fraction of sp³-hybridized carbons (Fsp3) is 0. The fourth-order valence-electron chi connectivity index (χ4n) is 1.80. The number of hydrogen-bond donors (Lipinski definition) is 5. The van der Waals surface area contributed by atoms with E-state index in [-0.39, 0.29) is 17.2 Å². The van der Waals surface area contributed by atoms with E-state index in [9.17, 15) is 9.59 Å². The molecule has 2 aromatic heterocycles. The first kappa shape index (κ1) is 13.1. The van der Waals surface area contributed by atoms with E-state index in [4.69, 9.17) is 17.3 Å². The Hall–Kier alpha value is -2.94. The van der Waals surface area contributed by atoms with Crippen LogP contribution < -0.4 is 28.0 Å². The lowest BCUT2D eigenvalue weighted by atomic mass is 10.3. The number of benzene rings is 1. The molecule has 0 spiro atoms. The molecule has 3 aromatic rings. The molecule has 6 N–H and O–H groups in total. The number of rotatable bonds is 3. The minimum absolute atomic E-state index is 0.0434. The smallest absolute Gasteiger partial charge is 0.352 e. The highest BCUT2D eigenvalue weighted by Gasteiger charge is 2.13. The molecule has 0 fully saturated rings. The van der Waals surface area contributed by atoms with E-state index in [2.05, 4.69) is 20.9 Å². The Morgan fingerprint density at radius 2 is 1.95 bits per heavy atom. The number of anilines is 3. The first-order valence-electron chi connectivity index (χ1n) is 5.83. The lowest BCUT2D eigenvalue weighted by Gasteiger charge is -2.10. The maximum atomic E-state index is 11.6. The van der Waals surface area contributed by atoms with Gasteiger partial charge in [-0.2, -0.15) is 4.52 Å². The van der Waals surface area contributed by atoms with E-state index in [1.54, 1.807) is 24.3 Å². The van der Waals surface area contributed by atoms with Crippen molar-refractivity contribution in [2.45, 2.75) is 0 Å². The van der Waals surface area contributed by atoms with Gasteiger partial charge in [0.1, 0.15) is 5.69 Å². The zero-order valence-corrected chi connectivity index (χ0v) is 11.2. The summed E-state index contributed by atoms with van der Waals surface area (Å²) in [5.74, 6) is 0.0434. The number of nitrogens with one attached hydrogen (secondary N) is 4. The number of nitrogen functional groups attached to an aromatic ring is 1. The average Bonchev–Trinajstić information content (AvgIpc) is 2.75. The number of nitrogens with two attached hydrogens (primary N) is 1. The number of aromatic nitrogens is 4. The van der Waals surface area contributed by atoms with Crippen molar-refractivity contribution in [1.82, 2.24) is 19.6 Å². The molecule has 9 nitrogen and oxygen atoms in total. The highest BCUT2D eigenvalue weighted by atomic mass is 35.5. The summed E-state index contributed by atoms with van der Waals surface area (Å²) in [6.07, 6.45) is 0. The number of hydrogen-bond acceptors (Lipinski definition) is 6. The van der Waals surface area contributed by atoms with E-state index in [1.165, 1.54) is 0 Å². The Bertz CT molecular complexity index is 926. The van der Waals surface area contributed by atoms with Crippen LogP contribution in [0, 0.1) is 0 Å². The van der Waals surface area contributed by atoms with Gasteiger partial charge < -0.3 is 5.73 Å². The number of fused-ring (bicyclic) bond motifs is 1. The van der Waals surface area contributed by atoms with Crippen LogP contribution in [0.3, 0.4) is 0 Å². The molecule has 0 aliphatic heterocycles. The van der Waals surface area contributed by atoms with Crippen LogP contribution in [0.2, 0.25) is 5.02 Å². The lowest BCUT2D eigenvalue weighted by molar-refractivity contribution is 0.824. The Kier molecular flexibility index (Phi) is 3.03. The third kappa shape index (κ3) is 2.30. The second-order valence-corrected chi connectivity index (χ2v) is 4.54. The molecule has 0 atom stereocenters. The number of para-hydroxylation sites is 1. The maximum Gasteiger partial charge on any atom is 0.352 e. The van der Waals surface area contributed by atoms with Gasteiger partial charge in [0, 0.05) is 0 Å². The molecule has 0 radical (unpaired) electrons. The largest absolute Gasteiger partial charge is 0.380 e. The van der Waals surface area contributed by atoms with Gasteiger partial charge in [0.15, 0.2) is 11.5 Å². The van der Waals surface area contributed by atoms with Gasteiger partial charge in [0.2, 0.25) is 0 Å². The highest BCUT2D eigenvalue weighted by Crippen LogP contribution is 2.24. The number of H-pyrrole nitrogens is 2. The molecule has 0 unspecified atom stereocenters. The zero-order valence-electron chi connectivity index (χ0n) is 10.5. The van der Waals surface area contributed by atoms with Crippen LogP contribution in [0.25, 0.3) is 5.65 Å². The lowest BCUT2D eigenvalue weighted by Crippen LogP contribution is -2.28. The van der Waals surface area contributed by atoms with Crippen LogP contribution >= 0.6 is 11.6 Å². The van der Waals surface area contributed by atoms with Crippen molar-refractivity contribution in [1.29, 1.82) is 0 Å². The molecule has 0 bridgehead atoms. The average molecular weight is 308 g/mol. The molecule has 0 saturated carbocycles. The molecular formula is C11H10ClN7O2. The van der Waals surface area contributed by atoms with Gasteiger partial charge >= 0.3 is 11.4 Å². The number of nitrogens with zero attached hydrogens (tertiary/aromatic N) is 2. The molecule has 0 aliphatic rings. The minimum atomic E-state index is -0.689. The van der Waals surface area contributed by atoms with E-state index >= 15 is 0 Å². The van der Waals surface area contributed by atoms with Crippen molar-refractivity contribution in [3.8, 4) is 0 Å². The molecule has 0 saturated heterocycles. The number of aromatic amines is 2. The van der Waals surface area contributed by atoms with Crippen LogP contribution in [0.4, 0.5) is 17.2 Å². The first-order valence-corrected chi connectivity index (χ1v) is 6.21. The summed E-state index contributed by atoms with van der Waals surface area (Å²) in [6.45, 7) is 0. The number of hydrazine groups is 1. The minimum Gasteiger partial charge on any atom is -0.380 e. The number of halogens is 1. The predicted molar refractivity (Wildman–Crippen MR) is 79.5 cm³/mol. The van der Waals surface area contributed by atoms with Gasteiger partial charge in [0.25, 0.3) is 0 Å². The summed E-state index contributed by atoms with van der Waals surface area (Å²) < 4.78 is 0.952. The van der Waals surface area contributed by atoms with Gasteiger partial charge in [0.05, 0.1) is 10.7 Å². The van der Waals surface area contributed by atoms with Gasteiger partial charge in [-0.25, -0.2) is 9.59 Å². The Morgan fingerprint density at radius 3 is 2.71 bits per heavy atom. The molecule has 2 heterocycles. The topological polar surface area (TPSA) is 133 Å². The van der Waals surface area contributed by atoms with Crippen molar-refractivity contribution >= 4 is 34.4 Å². The summed E-state index contributed by atoms with van der Waals surface area (Å²) in [5.41, 5.74) is 11.0. The molecular weight excluding hydrogens is 298 g/mol. The molecule has 1 aromatic carbocycles. The zero-order chi connectivity index (χ0) is 15.0. The van der Waals surface area contributed by atoms with Gasteiger partial charge in [-0.3, -0.25) is 20.8 Å². The quantitative estimate of drug-likeness (QED) is 0.444. The normalized spacial score (nSPS) is 10.7. The summed E-state index contributed by atoms with van der Waals surface area (Å²) in [6, 6.07) is 7.03. The van der Waals surface area contributed by atoms with Crippen molar-refractivity contribution in [2.24, 2.45) is 0 Å². The molecule has 108 valence electrons. The van der Waals surface area contributed by atoms with Gasteiger partial charge in [-0.05, 0) is 12.1 Å². The molecule has 10 heteroatoms. The molecule has 0 aliphatic carbocycles. The summed E-state index contributed by atoms with van der Waals surface area (Å²) in [7, 11) is 0. The highest BCUT2D eigenvalue weighted by molar-refractivity contribution is 6.33. The second kappa shape index (κ2) is 4.87. The van der Waals surface area contributed by atoms with E-state index in [0.717, 1.165) is 4.52 Å². The third-order valence-electron chi connectivity index (χ3n) is 2.75. The van der Waals surface area contributed by atoms with Gasteiger partial charge in [-0.15, -0.1) is 5.10 Å². The van der Waals surface area contributed by atoms with Crippen LogP contribution in [0.15, 0.2) is 33.9 Å². The summed E-state index contributed by atoms with van der Waals surface area (Å²) in [5, 5.41) is 4.33. The fourth-order valence-corrected chi connectivity index (χ4v) is 1.98. The predicted octanol–water partition coefficient (Wildman–Crippen LogP) is 0.385. The molecule has 0 amide bonds.